The van der Waals surface area contributed by atoms with E-state index in [-0.39, 0.29) is 29.6 Å². The summed E-state index contributed by atoms with van der Waals surface area (Å²) in [6.07, 6.45) is 1.98. The zero-order valence-electron chi connectivity index (χ0n) is 18.4. The minimum Gasteiger partial charge on any atom is -0.444 e. The molecule has 2 fully saturated rings. The molecule has 1 heterocycles. The van der Waals surface area contributed by atoms with Gasteiger partial charge in [-0.25, -0.2) is 4.79 Å². The van der Waals surface area contributed by atoms with Crippen molar-refractivity contribution < 1.29 is 19.1 Å². The van der Waals surface area contributed by atoms with E-state index in [1.807, 2.05) is 17.0 Å². The van der Waals surface area contributed by atoms with Crippen molar-refractivity contribution >= 4 is 33.8 Å². The molecule has 3 rings (SSSR count). The van der Waals surface area contributed by atoms with Crippen LogP contribution in [-0.4, -0.2) is 54.6 Å². The van der Waals surface area contributed by atoms with E-state index in [4.69, 9.17) is 4.74 Å². The number of likely N-dealkylation sites (tertiary alicyclic amines) is 1. The van der Waals surface area contributed by atoms with Gasteiger partial charge in [-0.3, -0.25) is 9.59 Å². The van der Waals surface area contributed by atoms with Gasteiger partial charge in [0.15, 0.2) is 0 Å². The third-order valence-electron chi connectivity index (χ3n) is 5.60. The average molecular weight is 494 g/mol. The second-order valence-electron chi connectivity index (χ2n) is 9.34. The van der Waals surface area contributed by atoms with E-state index in [9.17, 15) is 14.4 Å². The summed E-state index contributed by atoms with van der Waals surface area (Å²) >= 11 is 3.44. The van der Waals surface area contributed by atoms with Crippen molar-refractivity contribution in [2.45, 2.75) is 51.6 Å². The molecule has 1 saturated heterocycles. The maximum absolute atomic E-state index is 13.0. The van der Waals surface area contributed by atoms with Crippen LogP contribution in [0.15, 0.2) is 28.7 Å². The number of carbonyl (C=O) groups is 3. The standard InChI is InChI=1S/C23H32BrN3O4/c1-23(2,3)31-22(30)26-11-10-25-20(28)16-5-4-12-27(14-16)21(29)19-13-18(19)15-6-8-17(24)9-7-15/h6-9,16,18-19H,4-5,10-14H2,1-3H3,(H,25,28)(H,26,30). The second kappa shape index (κ2) is 10.0. The maximum Gasteiger partial charge on any atom is 0.407 e. The minimum absolute atomic E-state index is 0.0287. The van der Waals surface area contributed by atoms with Crippen molar-refractivity contribution in [1.82, 2.24) is 15.5 Å². The fraction of sp³-hybridized carbons (Fsp3) is 0.609. The summed E-state index contributed by atoms with van der Waals surface area (Å²) in [5.41, 5.74) is 0.647. The van der Waals surface area contributed by atoms with Gasteiger partial charge in [0, 0.05) is 36.6 Å². The van der Waals surface area contributed by atoms with Gasteiger partial charge in [-0.2, -0.15) is 0 Å². The van der Waals surface area contributed by atoms with E-state index in [1.165, 1.54) is 5.56 Å². The monoisotopic (exact) mass is 493 g/mol. The second-order valence-corrected chi connectivity index (χ2v) is 10.3. The van der Waals surface area contributed by atoms with Gasteiger partial charge in [0.2, 0.25) is 11.8 Å². The van der Waals surface area contributed by atoms with Gasteiger partial charge in [0.25, 0.3) is 0 Å². The van der Waals surface area contributed by atoms with Crippen molar-refractivity contribution in [1.29, 1.82) is 0 Å². The highest BCUT2D eigenvalue weighted by Gasteiger charge is 2.46. The van der Waals surface area contributed by atoms with Crippen molar-refractivity contribution in [3.63, 3.8) is 0 Å². The molecule has 1 aliphatic heterocycles. The number of alkyl carbamates (subject to hydrolysis) is 1. The summed E-state index contributed by atoms with van der Waals surface area (Å²) in [5, 5.41) is 5.49. The molecule has 0 spiro atoms. The highest BCUT2D eigenvalue weighted by molar-refractivity contribution is 9.10. The number of benzene rings is 1. The van der Waals surface area contributed by atoms with E-state index in [0.717, 1.165) is 23.7 Å². The number of hydrogen-bond donors (Lipinski definition) is 2. The highest BCUT2D eigenvalue weighted by atomic mass is 79.9. The van der Waals surface area contributed by atoms with Crippen molar-refractivity contribution in [3.8, 4) is 0 Å². The van der Waals surface area contributed by atoms with Gasteiger partial charge in [0.1, 0.15) is 5.60 Å². The van der Waals surface area contributed by atoms with Crippen molar-refractivity contribution in [3.05, 3.63) is 34.3 Å². The Kier molecular flexibility index (Phi) is 7.62. The Morgan fingerprint density at radius 3 is 2.48 bits per heavy atom. The first-order chi connectivity index (χ1) is 14.6. The lowest BCUT2D eigenvalue weighted by Gasteiger charge is -2.32. The Balaban J connectivity index is 1.40. The number of nitrogens with one attached hydrogen (secondary N) is 2. The van der Waals surface area contributed by atoms with Gasteiger partial charge in [-0.1, -0.05) is 28.1 Å². The predicted molar refractivity (Wildman–Crippen MR) is 122 cm³/mol. The third kappa shape index (κ3) is 6.95. The molecule has 0 radical (unpaired) electrons. The predicted octanol–water partition coefficient (Wildman–Crippen LogP) is 3.43. The Hall–Kier alpha value is -2.09. The number of rotatable bonds is 6. The van der Waals surface area contributed by atoms with Gasteiger partial charge >= 0.3 is 6.09 Å². The number of piperidine rings is 1. The Labute approximate surface area is 192 Å². The van der Waals surface area contributed by atoms with Crippen molar-refractivity contribution in [2.24, 2.45) is 11.8 Å². The zero-order valence-corrected chi connectivity index (χ0v) is 20.0. The number of halogens is 1. The fourth-order valence-corrected chi connectivity index (χ4v) is 4.25. The van der Waals surface area contributed by atoms with E-state index >= 15 is 0 Å². The molecule has 1 saturated carbocycles. The number of nitrogens with zero attached hydrogens (tertiary/aromatic N) is 1. The fourth-order valence-electron chi connectivity index (χ4n) is 3.98. The summed E-state index contributed by atoms with van der Waals surface area (Å²) in [5.74, 6) is 0.208. The first-order valence-corrected chi connectivity index (χ1v) is 11.7. The molecular formula is C23H32BrN3O4. The van der Waals surface area contributed by atoms with Gasteiger partial charge in [-0.15, -0.1) is 0 Å². The molecular weight excluding hydrogens is 462 g/mol. The van der Waals surface area contributed by atoms with E-state index in [2.05, 4.69) is 38.7 Å². The molecule has 0 bridgehead atoms. The molecule has 1 aliphatic carbocycles. The summed E-state index contributed by atoms with van der Waals surface area (Å²) in [7, 11) is 0. The number of carbonyl (C=O) groups excluding carboxylic acids is 3. The number of amides is 3. The van der Waals surface area contributed by atoms with Crippen LogP contribution < -0.4 is 10.6 Å². The lowest BCUT2D eigenvalue weighted by molar-refractivity contribution is -0.136. The number of hydrogen-bond acceptors (Lipinski definition) is 4. The van der Waals surface area contributed by atoms with Gasteiger partial charge in [-0.05, 0) is 63.6 Å². The molecule has 7 nitrogen and oxygen atoms in total. The largest absolute Gasteiger partial charge is 0.444 e. The molecule has 3 atom stereocenters. The molecule has 3 unspecified atom stereocenters. The van der Waals surface area contributed by atoms with Crippen LogP contribution in [0, 0.1) is 11.8 Å². The van der Waals surface area contributed by atoms with Gasteiger partial charge in [0.05, 0.1) is 5.92 Å². The van der Waals surface area contributed by atoms with Crippen molar-refractivity contribution in [2.75, 3.05) is 26.2 Å². The van der Waals surface area contributed by atoms with Crippen LogP contribution in [0.3, 0.4) is 0 Å². The lowest BCUT2D eigenvalue weighted by Crippen LogP contribution is -2.47. The Bertz CT molecular complexity index is 806. The Morgan fingerprint density at radius 1 is 1.13 bits per heavy atom. The van der Waals surface area contributed by atoms with Crippen LogP contribution in [0.1, 0.15) is 51.5 Å². The van der Waals surface area contributed by atoms with Crippen LogP contribution >= 0.6 is 15.9 Å². The van der Waals surface area contributed by atoms with Crippen LogP contribution in [-0.2, 0) is 14.3 Å². The Morgan fingerprint density at radius 2 is 1.81 bits per heavy atom. The molecule has 2 aliphatic rings. The molecule has 8 heteroatoms. The first-order valence-electron chi connectivity index (χ1n) is 10.9. The molecule has 170 valence electrons. The topological polar surface area (TPSA) is 87.7 Å². The van der Waals surface area contributed by atoms with Crippen LogP contribution in [0.5, 0.6) is 0 Å². The molecule has 0 aromatic heterocycles. The smallest absolute Gasteiger partial charge is 0.407 e. The highest BCUT2D eigenvalue weighted by Crippen LogP contribution is 2.48. The van der Waals surface area contributed by atoms with E-state index in [1.54, 1.807) is 20.8 Å². The molecule has 1 aromatic carbocycles. The number of ether oxygens (including phenoxy) is 1. The third-order valence-corrected chi connectivity index (χ3v) is 6.13. The molecule has 31 heavy (non-hydrogen) atoms. The lowest BCUT2D eigenvalue weighted by atomic mass is 9.96. The van der Waals surface area contributed by atoms with Crippen LogP contribution in [0.25, 0.3) is 0 Å². The normalized spacial score (nSPS) is 23.1. The summed E-state index contributed by atoms with van der Waals surface area (Å²) in [6, 6.07) is 8.15. The van der Waals surface area contributed by atoms with Crippen LogP contribution in [0.4, 0.5) is 4.79 Å². The maximum atomic E-state index is 13.0. The summed E-state index contributed by atoms with van der Waals surface area (Å²) < 4.78 is 6.20. The summed E-state index contributed by atoms with van der Waals surface area (Å²) in [4.78, 5) is 39.0. The van der Waals surface area contributed by atoms with E-state index in [0.29, 0.717) is 26.2 Å². The zero-order chi connectivity index (χ0) is 22.6. The summed E-state index contributed by atoms with van der Waals surface area (Å²) in [6.45, 7) is 7.21. The van der Waals surface area contributed by atoms with Crippen LogP contribution in [0.2, 0.25) is 0 Å². The SMILES string of the molecule is CC(C)(C)OC(=O)NCCNC(=O)C1CCCN(C(=O)C2CC2c2ccc(Br)cc2)C1. The minimum atomic E-state index is -0.552. The average Bonchev–Trinajstić information content (AvgIpc) is 3.50. The molecule has 1 aromatic rings. The van der Waals surface area contributed by atoms with Gasteiger partial charge < -0.3 is 20.3 Å². The molecule has 3 amide bonds. The first kappa shape index (κ1) is 23.6. The quantitative estimate of drug-likeness (QED) is 0.594. The molecule has 2 N–H and O–H groups in total. The van der Waals surface area contributed by atoms with E-state index < -0.39 is 11.7 Å².